The Morgan fingerprint density at radius 2 is 1.88 bits per heavy atom. The Morgan fingerprint density at radius 1 is 1.12 bits per heavy atom. The van der Waals surface area contributed by atoms with Crippen LogP contribution in [0.3, 0.4) is 0 Å². The molecule has 4 heteroatoms. The van der Waals surface area contributed by atoms with Crippen LogP contribution in [0, 0.1) is 5.92 Å². The van der Waals surface area contributed by atoms with Crippen molar-refractivity contribution in [1.29, 1.82) is 0 Å². The van der Waals surface area contributed by atoms with Gasteiger partial charge in [-0.05, 0) is 55.4 Å². The summed E-state index contributed by atoms with van der Waals surface area (Å²) in [6.07, 6.45) is 10.2. The summed E-state index contributed by atoms with van der Waals surface area (Å²) in [6, 6.07) is 6.20. The zero-order chi connectivity index (χ0) is 17.2. The number of ether oxygens (including phenoxy) is 1. The van der Waals surface area contributed by atoms with Crippen LogP contribution in [-0.2, 0) is 4.79 Å². The summed E-state index contributed by atoms with van der Waals surface area (Å²) >= 11 is 0. The topological polar surface area (TPSA) is 45.3 Å². The number of H-pyrrole nitrogens is 1. The highest BCUT2D eigenvalue weighted by Gasteiger charge is 2.30. The van der Waals surface area contributed by atoms with Crippen LogP contribution in [0.4, 0.5) is 0 Å². The molecule has 1 N–H and O–H groups in total. The molecule has 1 aromatic heterocycles. The first kappa shape index (κ1) is 16.5. The highest BCUT2D eigenvalue weighted by molar-refractivity contribution is 5.85. The lowest BCUT2D eigenvalue weighted by molar-refractivity contribution is -0.137. The summed E-state index contributed by atoms with van der Waals surface area (Å²) in [7, 11) is 1.71. The van der Waals surface area contributed by atoms with E-state index in [4.69, 9.17) is 4.74 Å². The molecule has 0 spiro atoms. The summed E-state index contributed by atoms with van der Waals surface area (Å²) in [5, 5.41) is 1.26. The lowest BCUT2D eigenvalue weighted by Crippen LogP contribution is -2.41. The maximum Gasteiger partial charge on any atom is 0.225 e. The summed E-state index contributed by atoms with van der Waals surface area (Å²) in [6.45, 7) is 1.80. The van der Waals surface area contributed by atoms with Crippen molar-refractivity contribution in [3.05, 3.63) is 30.0 Å². The fraction of sp³-hybridized carbons (Fsp3) is 0.571. The van der Waals surface area contributed by atoms with Gasteiger partial charge in [-0.1, -0.05) is 19.3 Å². The average Bonchev–Trinajstić information content (AvgIpc) is 3.11. The number of nitrogens with one attached hydrogen (secondary N) is 1. The fourth-order valence-corrected chi connectivity index (χ4v) is 4.60. The molecule has 1 saturated heterocycles. The number of rotatable bonds is 3. The highest BCUT2D eigenvalue weighted by Crippen LogP contribution is 2.35. The normalized spacial score (nSPS) is 20.1. The van der Waals surface area contributed by atoms with Crippen molar-refractivity contribution in [2.45, 2.75) is 50.9 Å². The van der Waals surface area contributed by atoms with Crippen LogP contribution in [0.1, 0.15) is 56.4 Å². The van der Waals surface area contributed by atoms with Crippen LogP contribution < -0.4 is 4.74 Å². The maximum atomic E-state index is 12.7. The van der Waals surface area contributed by atoms with Gasteiger partial charge >= 0.3 is 0 Å². The van der Waals surface area contributed by atoms with Crippen LogP contribution in [0.2, 0.25) is 0 Å². The third-order valence-corrected chi connectivity index (χ3v) is 6.12. The Kier molecular flexibility index (Phi) is 4.69. The van der Waals surface area contributed by atoms with Gasteiger partial charge in [0.05, 0.1) is 7.11 Å². The molecule has 0 radical (unpaired) electrons. The van der Waals surface area contributed by atoms with Crippen LogP contribution in [0.5, 0.6) is 5.75 Å². The molecule has 0 bridgehead atoms. The highest BCUT2D eigenvalue weighted by atomic mass is 16.5. The number of fused-ring (bicyclic) bond motifs is 1. The van der Waals surface area contributed by atoms with Crippen molar-refractivity contribution < 1.29 is 9.53 Å². The van der Waals surface area contributed by atoms with Gasteiger partial charge in [-0.3, -0.25) is 4.79 Å². The number of amides is 1. The lowest BCUT2D eigenvalue weighted by atomic mass is 9.86. The largest absolute Gasteiger partial charge is 0.497 e. The third-order valence-electron chi connectivity index (χ3n) is 6.12. The molecule has 2 heterocycles. The molecular weight excluding hydrogens is 312 g/mol. The van der Waals surface area contributed by atoms with Gasteiger partial charge in [-0.2, -0.15) is 0 Å². The molecule has 0 unspecified atom stereocenters. The number of methoxy groups -OCH3 is 1. The average molecular weight is 340 g/mol. The Bertz CT molecular complexity index is 737. The van der Waals surface area contributed by atoms with E-state index in [9.17, 15) is 4.79 Å². The molecule has 2 fully saturated rings. The van der Waals surface area contributed by atoms with Crippen molar-refractivity contribution >= 4 is 16.8 Å². The first-order valence-electron chi connectivity index (χ1n) is 9.70. The Labute approximate surface area is 149 Å². The number of likely N-dealkylation sites (tertiary alicyclic amines) is 1. The second kappa shape index (κ2) is 7.11. The van der Waals surface area contributed by atoms with Crippen LogP contribution in [-0.4, -0.2) is 36.0 Å². The van der Waals surface area contributed by atoms with Crippen molar-refractivity contribution in [2.24, 2.45) is 5.92 Å². The van der Waals surface area contributed by atoms with Crippen molar-refractivity contribution in [1.82, 2.24) is 9.88 Å². The van der Waals surface area contributed by atoms with Gasteiger partial charge in [0.1, 0.15) is 5.75 Å². The molecule has 1 aliphatic carbocycles. The summed E-state index contributed by atoms with van der Waals surface area (Å²) in [5.41, 5.74) is 2.54. The first-order chi connectivity index (χ1) is 12.3. The number of carbonyl (C=O) groups excluding carboxylic acids is 1. The molecule has 1 aromatic carbocycles. The van der Waals surface area contributed by atoms with Crippen molar-refractivity contribution in [3.63, 3.8) is 0 Å². The van der Waals surface area contributed by atoms with E-state index in [0.717, 1.165) is 50.0 Å². The second-order valence-electron chi connectivity index (χ2n) is 7.59. The lowest BCUT2D eigenvalue weighted by Gasteiger charge is -2.35. The van der Waals surface area contributed by atoms with E-state index in [1.54, 1.807) is 7.11 Å². The van der Waals surface area contributed by atoms with Gasteiger partial charge in [-0.15, -0.1) is 0 Å². The van der Waals surface area contributed by atoms with E-state index in [-0.39, 0.29) is 0 Å². The Hall–Kier alpha value is -1.97. The zero-order valence-electron chi connectivity index (χ0n) is 15.1. The molecule has 1 saturated carbocycles. The number of piperidine rings is 1. The smallest absolute Gasteiger partial charge is 0.225 e. The SMILES string of the molecule is COc1ccc2[nH]cc(C3CCN(C(=O)C4CCCCC4)CC3)c2c1. The predicted molar refractivity (Wildman–Crippen MR) is 100.0 cm³/mol. The van der Waals surface area contributed by atoms with E-state index in [2.05, 4.69) is 28.2 Å². The number of hydrogen-bond acceptors (Lipinski definition) is 2. The predicted octanol–water partition coefficient (Wildman–Crippen LogP) is 4.46. The van der Waals surface area contributed by atoms with Gasteiger partial charge in [0.25, 0.3) is 0 Å². The number of hydrogen-bond donors (Lipinski definition) is 1. The van der Waals surface area contributed by atoms with E-state index < -0.39 is 0 Å². The minimum absolute atomic E-state index is 0.294. The Balaban J connectivity index is 1.44. The van der Waals surface area contributed by atoms with Crippen LogP contribution in [0.25, 0.3) is 10.9 Å². The van der Waals surface area contributed by atoms with Gasteiger partial charge < -0.3 is 14.6 Å². The summed E-state index contributed by atoms with van der Waals surface area (Å²) in [5.74, 6) is 2.14. The second-order valence-corrected chi connectivity index (χ2v) is 7.59. The van der Waals surface area contributed by atoms with E-state index in [0.29, 0.717) is 17.7 Å². The molecule has 2 aliphatic rings. The van der Waals surface area contributed by atoms with Gasteiger partial charge in [0.2, 0.25) is 5.91 Å². The molecule has 4 nitrogen and oxygen atoms in total. The molecule has 1 aliphatic heterocycles. The monoisotopic (exact) mass is 340 g/mol. The van der Waals surface area contributed by atoms with Crippen molar-refractivity contribution in [2.75, 3.05) is 20.2 Å². The summed E-state index contributed by atoms with van der Waals surface area (Å²) < 4.78 is 5.38. The molecule has 1 amide bonds. The first-order valence-corrected chi connectivity index (χ1v) is 9.70. The fourth-order valence-electron chi connectivity index (χ4n) is 4.60. The van der Waals surface area contributed by atoms with Crippen LogP contribution in [0.15, 0.2) is 24.4 Å². The van der Waals surface area contributed by atoms with Gasteiger partial charge in [0.15, 0.2) is 0 Å². The minimum atomic E-state index is 0.294. The molecule has 2 aromatic rings. The number of carbonyl (C=O) groups is 1. The zero-order valence-corrected chi connectivity index (χ0v) is 15.1. The molecule has 134 valence electrons. The molecule has 4 rings (SSSR count). The number of aromatic nitrogens is 1. The quantitative estimate of drug-likeness (QED) is 0.896. The maximum absolute atomic E-state index is 12.7. The number of benzene rings is 1. The van der Waals surface area contributed by atoms with E-state index in [1.165, 1.54) is 30.2 Å². The number of aromatic amines is 1. The number of nitrogens with zero attached hydrogens (tertiary/aromatic N) is 1. The molecular formula is C21H28N2O2. The van der Waals surface area contributed by atoms with E-state index in [1.807, 2.05) is 6.07 Å². The Morgan fingerprint density at radius 3 is 2.60 bits per heavy atom. The standard InChI is InChI=1S/C21H28N2O2/c1-25-17-7-8-20-18(13-17)19(14-22-20)15-9-11-23(12-10-15)21(24)16-5-3-2-4-6-16/h7-8,13-16,22H,2-6,9-12H2,1H3. The summed E-state index contributed by atoms with van der Waals surface area (Å²) in [4.78, 5) is 18.3. The van der Waals surface area contributed by atoms with Crippen molar-refractivity contribution in [3.8, 4) is 5.75 Å². The van der Waals surface area contributed by atoms with Gasteiger partial charge in [-0.25, -0.2) is 0 Å². The third kappa shape index (κ3) is 3.26. The van der Waals surface area contributed by atoms with Crippen LogP contribution >= 0.6 is 0 Å². The minimum Gasteiger partial charge on any atom is -0.497 e. The van der Waals surface area contributed by atoms with Gasteiger partial charge in [0, 0.05) is 36.1 Å². The molecule has 25 heavy (non-hydrogen) atoms. The molecule has 0 atom stereocenters. The van der Waals surface area contributed by atoms with E-state index >= 15 is 0 Å².